The SMILES string of the molecule is C=C(C)C(=O)OCCCC(CCCOC(=O)C(=C)C)(CCCOC(=O)C(=C)C)[Si](C)(C)O[Si](CCCOC(=O)C(=C)C)(O[Si](C)(C)C)O[Si](C)(C)C. The topological polar surface area (TPSA) is 133 Å². The lowest BCUT2D eigenvalue weighted by molar-refractivity contribution is -0.140. The van der Waals surface area contributed by atoms with Crippen molar-refractivity contribution < 1.29 is 50.5 Å². The van der Waals surface area contributed by atoms with Crippen LogP contribution in [0.3, 0.4) is 0 Å². The van der Waals surface area contributed by atoms with Crippen LogP contribution in [0.4, 0.5) is 0 Å². The maximum atomic E-state index is 12.3. The summed E-state index contributed by atoms with van der Waals surface area (Å²) in [5.74, 6) is -1.82. The van der Waals surface area contributed by atoms with Gasteiger partial charge in [0.15, 0.2) is 25.0 Å². The Hall–Kier alpha value is -2.41. The van der Waals surface area contributed by atoms with Crippen molar-refractivity contribution >= 4 is 57.6 Å². The third kappa shape index (κ3) is 19.6. The van der Waals surface area contributed by atoms with E-state index in [1.54, 1.807) is 27.7 Å². The summed E-state index contributed by atoms with van der Waals surface area (Å²) in [5, 5.41) is -0.496. The van der Waals surface area contributed by atoms with Crippen LogP contribution in [-0.4, -0.2) is 84.1 Å². The molecular weight excluding hydrogens is 733 g/mol. The van der Waals surface area contributed by atoms with Gasteiger partial charge in [-0.2, -0.15) is 0 Å². The van der Waals surface area contributed by atoms with Gasteiger partial charge in [0.05, 0.1) is 26.4 Å². The van der Waals surface area contributed by atoms with E-state index < -0.39 is 62.7 Å². The predicted octanol–water partition coefficient (Wildman–Crippen LogP) is 8.80. The maximum Gasteiger partial charge on any atom is 0.469 e. The van der Waals surface area contributed by atoms with Crippen molar-refractivity contribution in [2.75, 3.05) is 26.4 Å². The van der Waals surface area contributed by atoms with Gasteiger partial charge in [0.1, 0.15) is 0 Å². The molecule has 0 heterocycles. The van der Waals surface area contributed by atoms with E-state index in [0.29, 0.717) is 73.3 Å². The fourth-order valence-corrected chi connectivity index (χ4v) is 22.8. The van der Waals surface area contributed by atoms with Crippen molar-refractivity contribution in [2.24, 2.45) is 0 Å². The molecule has 0 aromatic rings. The Bertz CT molecular complexity index is 1180. The molecule has 0 atom stereocenters. The lowest BCUT2D eigenvalue weighted by Gasteiger charge is -2.51. The van der Waals surface area contributed by atoms with E-state index in [1.807, 2.05) is 0 Å². The molecule has 0 rings (SSSR count). The highest BCUT2D eigenvalue weighted by Crippen LogP contribution is 2.53. The molecule has 15 heteroatoms. The number of hydrogen-bond donors (Lipinski definition) is 0. The molecule has 0 aromatic heterocycles. The van der Waals surface area contributed by atoms with Crippen LogP contribution >= 0.6 is 0 Å². The van der Waals surface area contributed by atoms with Crippen molar-refractivity contribution in [1.29, 1.82) is 0 Å². The fourth-order valence-electron chi connectivity index (χ4n) is 5.60. The van der Waals surface area contributed by atoms with Gasteiger partial charge < -0.3 is 31.3 Å². The number of carbonyl (C=O) groups is 4. The van der Waals surface area contributed by atoms with Crippen molar-refractivity contribution in [3.05, 3.63) is 48.6 Å². The number of ether oxygens (including phenoxy) is 4. The average Bonchev–Trinajstić information content (AvgIpc) is 2.98. The minimum Gasteiger partial charge on any atom is -0.462 e. The summed E-state index contributed by atoms with van der Waals surface area (Å²) in [5.41, 5.74) is 1.28. The van der Waals surface area contributed by atoms with E-state index in [4.69, 9.17) is 31.3 Å². The quantitative estimate of drug-likeness (QED) is 0.0260. The van der Waals surface area contributed by atoms with Gasteiger partial charge in [0.2, 0.25) is 0 Å². The molecule has 0 bridgehead atoms. The van der Waals surface area contributed by atoms with Crippen LogP contribution in [0.2, 0.25) is 63.5 Å². The summed E-state index contributed by atoms with van der Waals surface area (Å²) < 4.78 is 43.6. The van der Waals surface area contributed by atoms with Gasteiger partial charge in [-0.1, -0.05) is 26.3 Å². The van der Waals surface area contributed by atoms with Crippen LogP contribution in [0.15, 0.2) is 48.6 Å². The summed E-state index contributed by atoms with van der Waals surface area (Å²) in [6, 6.07) is 0.445. The van der Waals surface area contributed by atoms with Crippen molar-refractivity contribution in [3.8, 4) is 0 Å². The summed E-state index contributed by atoms with van der Waals surface area (Å²) in [6.07, 6.45) is 3.90. The molecule has 11 nitrogen and oxygen atoms in total. The Morgan fingerprint density at radius 3 is 0.981 bits per heavy atom. The molecule has 0 saturated heterocycles. The standard InChI is InChI=1S/C37H68O11Si4/c1-29(2)33(38)42-24-17-21-37(22-18-25-43-34(39)30(3)4,23-19-26-44-35(40)31(5)6)51(15,16)48-52(46-49(9,10)11,47-50(12,13)14)28-20-27-45-36(41)32(7)8/h1,3,5,7,17-28H2,2,4,6,8-16H3. The molecule has 0 unspecified atom stereocenters. The second-order valence-electron chi connectivity index (χ2n) is 16.1. The highest BCUT2D eigenvalue weighted by molar-refractivity contribution is 6.91. The van der Waals surface area contributed by atoms with E-state index >= 15 is 0 Å². The number of esters is 4. The largest absolute Gasteiger partial charge is 0.469 e. The summed E-state index contributed by atoms with van der Waals surface area (Å²) in [6.45, 7) is 38.9. The fraction of sp³-hybridized carbons (Fsp3) is 0.676. The first-order valence-electron chi connectivity index (χ1n) is 18.1. The van der Waals surface area contributed by atoms with Crippen molar-refractivity contribution in [3.63, 3.8) is 0 Å². The molecule has 0 saturated carbocycles. The molecular formula is C37H68O11Si4. The van der Waals surface area contributed by atoms with E-state index in [2.05, 4.69) is 78.7 Å². The number of hydrogen-bond acceptors (Lipinski definition) is 11. The van der Waals surface area contributed by atoms with E-state index in [1.165, 1.54) is 0 Å². The number of carbonyl (C=O) groups excluding carboxylic acids is 4. The average molecular weight is 801 g/mol. The Morgan fingerprint density at radius 2 is 0.731 bits per heavy atom. The zero-order valence-electron chi connectivity index (χ0n) is 34.3. The Labute approximate surface area is 318 Å². The first-order chi connectivity index (χ1) is 23.7. The Balaban J connectivity index is 7.07. The molecule has 298 valence electrons. The van der Waals surface area contributed by atoms with Gasteiger partial charge in [0.25, 0.3) is 0 Å². The second-order valence-corrected chi connectivity index (χ2v) is 32.9. The molecule has 0 amide bonds. The number of rotatable bonds is 27. The van der Waals surface area contributed by atoms with Gasteiger partial charge in [0, 0.05) is 28.3 Å². The second kappa shape index (κ2) is 22.1. The molecule has 0 aliphatic carbocycles. The van der Waals surface area contributed by atoms with Gasteiger partial charge in [-0.05, 0) is 130 Å². The molecule has 0 spiro atoms. The molecule has 0 radical (unpaired) electrons. The van der Waals surface area contributed by atoms with E-state index in [9.17, 15) is 19.2 Å². The van der Waals surface area contributed by atoms with Crippen LogP contribution in [0.1, 0.15) is 72.6 Å². The highest BCUT2D eigenvalue weighted by atomic mass is 28.5. The monoisotopic (exact) mass is 800 g/mol. The third-order valence-electron chi connectivity index (χ3n) is 7.96. The van der Waals surface area contributed by atoms with Gasteiger partial charge in [-0.15, -0.1) is 0 Å². The van der Waals surface area contributed by atoms with Gasteiger partial charge in [-0.3, -0.25) is 0 Å². The minimum atomic E-state index is -3.47. The molecule has 0 aliphatic heterocycles. The molecule has 0 aromatic carbocycles. The minimum absolute atomic E-state index is 0.164. The molecule has 52 heavy (non-hydrogen) atoms. The van der Waals surface area contributed by atoms with E-state index in [0.717, 1.165) is 0 Å². The summed E-state index contributed by atoms with van der Waals surface area (Å²) in [7, 11) is -11.0. The van der Waals surface area contributed by atoms with Crippen LogP contribution < -0.4 is 0 Å². The molecule has 0 fully saturated rings. The highest BCUT2D eigenvalue weighted by Gasteiger charge is 2.56. The summed E-state index contributed by atoms with van der Waals surface area (Å²) in [4.78, 5) is 49.0. The Morgan fingerprint density at radius 1 is 0.462 bits per heavy atom. The van der Waals surface area contributed by atoms with Gasteiger partial charge in [-0.25, -0.2) is 19.2 Å². The lowest BCUT2D eigenvalue weighted by atomic mass is 9.91. The zero-order chi connectivity index (χ0) is 40.6. The first kappa shape index (κ1) is 49.6. The third-order valence-corrected chi connectivity index (χ3v) is 22.9. The Kier molecular flexibility index (Phi) is 21.1. The molecule has 0 aliphatic rings. The smallest absolute Gasteiger partial charge is 0.462 e. The van der Waals surface area contributed by atoms with Crippen LogP contribution in [0.25, 0.3) is 0 Å². The molecule has 0 N–H and O–H groups in total. The van der Waals surface area contributed by atoms with Crippen molar-refractivity contribution in [2.45, 2.75) is 136 Å². The zero-order valence-corrected chi connectivity index (χ0v) is 38.3. The van der Waals surface area contributed by atoms with Crippen molar-refractivity contribution in [1.82, 2.24) is 0 Å². The predicted molar refractivity (Wildman–Crippen MR) is 216 cm³/mol. The van der Waals surface area contributed by atoms with Gasteiger partial charge >= 0.3 is 32.7 Å². The summed E-state index contributed by atoms with van der Waals surface area (Å²) >= 11 is 0. The maximum absolute atomic E-state index is 12.3. The van der Waals surface area contributed by atoms with E-state index in [-0.39, 0.29) is 26.4 Å². The first-order valence-corrected chi connectivity index (χ1v) is 29.7. The van der Waals surface area contributed by atoms with Crippen LogP contribution in [-0.2, 0) is 50.5 Å². The lowest BCUT2D eigenvalue weighted by Crippen LogP contribution is -2.63. The van der Waals surface area contributed by atoms with Crippen LogP contribution in [0, 0.1) is 0 Å². The normalized spacial score (nSPS) is 12.5. The van der Waals surface area contributed by atoms with Crippen LogP contribution in [0.5, 0.6) is 0 Å².